The molecule has 1 aliphatic rings. The fourth-order valence-corrected chi connectivity index (χ4v) is 4.06. The summed E-state index contributed by atoms with van der Waals surface area (Å²) < 4.78 is 0. The van der Waals surface area contributed by atoms with Crippen LogP contribution in [0.15, 0.2) is 34.6 Å². The van der Waals surface area contributed by atoms with Gasteiger partial charge < -0.3 is 0 Å². The summed E-state index contributed by atoms with van der Waals surface area (Å²) in [7, 11) is 0.0190. The van der Waals surface area contributed by atoms with Crippen molar-refractivity contribution >= 4 is 17.0 Å². The Morgan fingerprint density at radius 2 is 2.00 bits per heavy atom. The van der Waals surface area contributed by atoms with Gasteiger partial charge in [0.1, 0.15) is 0 Å². The normalized spacial score (nSPS) is 22.2. The lowest BCUT2D eigenvalue weighted by molar-refractivity contribution is 0.749. The number of rotatable bonds is 2. The highest BCUT2D eigenvalue weighted by Crippen LogP contribution is 2.46. The molecule has 1 heteroatoms. The maximum atomic E-state index is 2.40. The van der Waals surface area contributed by atoms with Crippen LogP contribution in [0.4, 0.5) is 0 Å². The highest BCUT2D eigenvalue weighted by Gasteiger charge is 2.13. The minimum absolute atomic E-state index is 0.0190. The van der Waals surface area contributed by atoms with E-state index >= 15 is 0 Å². The molecule has 1 aliphatic heterocycles. The number of fused-ring (bicyclic) bond motifs is 1. The van der Waals surface area contributed by atoms with E-state index in [4.69, 9.17) is 0 Å². The van der Waals surface area contributed by atoms with Crippen LogP contribution in [-0.4, -0.2) is 5.75 Å². The monoisotopic (exact) mass is 192 g/mol. The van der Waals surface area contributed by atoms with Gasteiger partial charge in [0.25, 0.3) is 0 Å². The Balaban J connectivity index is 2.23. The highest BCUT2D eigenvalue weighted by atomic mass is 32.2. The van der Waals surface area contributed by atoms with Gasteiger partial charge in [-0.05, 0) is 39.7 Å². The fourth-order valence-electron chi connectivity index (χ4n) is 1.69. The minimum atomic E-state index is 0.0190. The molecule has 0 N–H and O–H groups in total. The predicted molar refractivity (Wildman–Crippen MR) is 62.4 cm³/mol. The Morgan fingerprint density at radius 1 is 1.23 bits per heavy atom. The van der Waals surface area contributed by atoms with E-state index in [9.17, 15) is 0 Å². The molecule has 0 fully saturated rings. The predicted octanol–water partition coefficient (Wildman–Crippen LogP) is 3.69. The first-order chi connectivity index (χ1) is 6.27. The number of benzene rings is 1. The van der Waals surface area contributed by atoms with Crippen molar-refractivity contribution in [3.05, 3.63) is 35.2 Å². The zero-order valence-electron chi connectivity index (χ0n) is 8.20. The molecule has 0 aliphatic carbocycles. The molecule has 0 spiro atoms. The molecule has 0 bridgehead atoms. The van der Waals surface area contributed by atoms with Crippen LogP contribution in [0.3, 0.4) is 0 Å². The van der Waals surface area contributed by atoms with Crippen molar-refractivity contribution in [2.45, 2.75) is 18.7 Å². The minimum Gasteiger partial charge on any atom is -0.206 e. The summed E-state index contributed by atoms with van der Waals surface area (Å²) in [5.74, 6) is 2.14. The average Bonchev–Trinajstić information content (AvgIpc) is 2.48. The van der Waals surface area contributed by atoms with Crippen LogP contribution in [0.1, 0.15) is 19.4 Å². The van der Waals surface area contributed by atoms with Crippen LogP contribution in [0, 0.1) is 5.92 Å². The Kier molecular flexibility index (Phi) is 2.45. The Morgan fingerprint density at radius 3 is 2.77 bits per heavy atom. The van der Waals surface area contributed by atoms with Gasteiger partial charge in [0.15, 0.2) is 0 Å². The summed E-state index contributed by atoms with van der Waals surface area (Å²) in [6.45, 7) is 4.61. The van der Waals surface area contributed by atoms with E-state index in [2.05, 4.69) is 49.6 Å². The Labute approximate surface area is 83.0 Å². The summed E-state index contributed by atoms with van der Waals surface area (Å²) in [5, 5.41) is 2.40. The summed E-state index contributed by atoms with van der Waals surface area (Å²) in [5.41, 5.74) is 1.44. The van der Waals surface area contributed by atoms with Crippen LogP contribution in [0.25, 0.3) is 6.08 Å². The van der Waals surface area contributed by atoms with Gasteiger partial charge >= 0.3 is 0 Å². The van der Waals surface area contributed by atoms with E-state index in [0.717, 1.165) is 5.92 Å². The molecule has 1 heterocycles. The molecular formula is C12H16S. The van der Waals surface area contributed by atoms with Crippen molar-refractivity contribution in [2.75, 3.05) is 5.75 Å². The molecule has 1 unspecified atom stereocenters. The second-order valence-corrected chi connectivity index (χ2v) is 6.01. The van der Waals surface area contributed by atoms with Gasteiger partial charge in [-0.3, -0.25) is 0 Å². The molecule has 1 atom stereocenters. The van der Waals surface area contributed by atoms with E-state index in [-0.39, 0.29) is 10.9 Å². The third kappa shape index (κ3) is 1.80. The zero-order chi connectivity index (χ0) is 9.26. The molecule has 1 aromatic carbocycles. The van der Waals surface area contributed by atoms with Crippen molar-refractivity contribution in [1.29, 1.82) is 0 Å². The molecule has 1 aromatic rings. The van der Waals surface area contributed by atoms with Crippen molar-refractivity contribution < 1.29 is 0 Å². The molecule has 0 amide bonds. The SMILES string of the molecule is CC(C)C[SH]1C=Cc2ccccc21. The van der Waals surface area contributed by atoms with Crippen LogP contribution < -0.4 is 0 Å². The quantitative estimate of drug-likeness (QED) is 0.679. The zero-order valence-corrected chi connectivity index (χ0v) is 9.09. The standard InChI is InChI=1S/C12H16S/c1-10(2)9-13-8-7-11-5-3-4-6-12(11)13/h3-8,10,13H,9H2,1-2H3. The summed E-state index contributed by atoms with van der Waals surface area (Å²) in [4.78, 5) is 1.58. The first kappa shape index (κ1) is 8.89. The third-order valence-electron chi connectivity index (χ3n) is 2.24. The first-order valence-electron chi connectivity index (χ1n) is 4.81. The van der Waals surface area contributed by atoms with Gasteiger partial charge in [-0.15, -0.1) is 0 Å². The molecule has 0 aromatic heterocycles. The van der Waals surface area contributed by atoms with E-state index in [0.29, 0.717) is 0 Å². The molecule has 0 saturated heterocycles. The lowest BCUT2D eigenvalue weighted by atomic mass is 10.2. The van der Waals surface area contributed by atoms with Crippen molar-refractivity contribution in [3.8, 4) is 0 Å². The van der Waals surface area contributed by atoms with Gasteiger partial charge in [0.05, 0.1) is 0 Å². The number of hydrogen-bond donors (Lipinski definition) is 1. The maximum absolute atomic E-state index is 2.40. The summed E-state index contributed by atoms with van der Waals surface area (Å²) in [6.07, 6.45) is 2.28. The van der Waals surface area contributed by atoms with Gasteiger partial charge in [-0.25, -0.2) is 10.9 Å². The fraction of sp³-hybridized carbons (Fsp3) is 0.333. The van der Waals surface area contributed by atoms with Crippen molar-refractivity contribution in [2.24, 2.45) is 5.92 Å². The lowest BCUT2D eigenvalue weighted by Gasteiger charge is -2.17. The number of hydrogen-bond acceptors (Lipinski definition) is 0. The third-order valence-corrected chi connectivity index (χ3v) is 4.90. The van der Waals surface area contributed by atoms with Crippen LogP contribution in [-0.2, 0) is 0 Å². The summed E-state index contributed by atoms with van der Waals surface area (Å²) in [6, 6.07) is 8.77. The van der Waals surface area contributed by atoms with Crippen LogP contribution in [0.5, 0.6) is 0 Å². The average molecular weight is 192 g/mol. The maximum Gasteiger partial charge on any atom is -0.00173 e. The van der Waals surface area contributed by atoms with Crippen LogP contribution >= 0.6 is 10.9 Å². The largest absolute Gasteiger partial charge is 0.206 e. The Hall–Kier alpha value is -0.690. The molecule has 2 rings (SSSR count). The second-order valence-electron chi connectivity index (χ2n) is 3.92. The van der Waals surface area contributed by atoms with Gasteiger partial charge in [-0.1, -0.05) is 32.0 Å². The summed E-state index contributed by atoms with van der Waals surface area (Å²) >= 11 is 0. The Bertz CT molecular complexity index is 326. The molecule has 13 heavy (non-hydrogen) atoms. The van der Waals surface area contributed by atoms with E-state index in [1.54, 1.807) is 4.90 Å². The molecule has 0 saturated carbocycles. The molecule has 0 radical (unpaired) electrons. The van der Waals surface area contributed by atoms with Crippen molar-refractivity contribution in [3.63, 3.8) is 0 Å². The van der Waals surface area contributed by atoms with Gasteiger partial charge in [0.2, 0.25) is 0 Å². The highest BCUT2D eigenvalue weighted by molar-refractivity contribution is 8.20. The van der Waals surface area contributed by atoms with Gasteiger partial charge in [0, 0.05) is 0 Å². The lowest BCUT2D eigenvalue weighted by Crippen LogP contribution is -1.95. The molecule has 70 valence electrons. The van der Waals surface area contributed by atoms with E-state index < -0.39 is 0 Å². The number of thiol groups is 1. The van der Waals surface area contributed by atoms with Gasteiger partial charge in [-0.2, -0.15) is 0 Å². The topological polar surface area (TPSA) is 0 Å². The molecule has 0 nitrogen and oxygen atoms in total. The van der Waals surface area contributed by atoms with Crippen LogP contribution in [0.2, 0.25) is 0 Å². The smallest absolute Gasteiger partial charge is 0.00173 e. The first-order valence-corrected chi connectivity index (χ1v) is 6.41. The van der Waals surface area contributed by atoms with E-state index in [1.807, 2.05) is 0 Å². The second kappa shape index (κ2) is 3.59. The van der Waals surface area contributed by atoms with Crippen molar-refractivity contribution in [1.82, 2.24) is 0 Å². The van der Waals surface area contributed by atoms with E-state index in [1.165, 1.54) is 11.3 Å². The molecular weight excluding hydrogens is 176 g/mol.